The number of hydrogen-bond donors (Lipinski definition) is 1. The van der Waals surface area contributed by atoms with Gasteiger partial charge in [0.25, 0.3) is 5.56 Å². The number of alkyl halides is 3. The van der Waals surface area contributed by atoms with Crippen LogP contribution >= 0.6 is 22.9 Å². The number of carboxylic acid groups (broad SMARTS) is 1. The number of ether oxygens (including phenoxy) is 1. The number of halogens is 4. The van der Waals surface area contributed by atoms with Gasteiger partial charge in [0, 0.05) is 34.3 Å². The van der Waals surface area contributed by atoms with Crippen molar-refractivity contribution >= 4 is 50.0 Å². The van der Waals surface area contributed by atoms with Crippen LogP contribution in [0.15, 0.2) is 46.7 Å². The fourth-order valence-corrected chi connectivity index (χ4v) is 7.30. The minimum Gasteiger partial charge on any atom is -0.491 e. The summed E-state index contributed by atoms with van der Waals surface area (Å²) in [5, 5.41) is 21.5. The smallest absolute Gasteiger partial charge is 0.416 e. The number of carboxylic acids is 1. The molecule has 1 fully saturated rings. The van der Waals surface area contributed by atoms with Crippen LogP contribution < -0.4 is 10.3 Å². The first kappa shape index (κ1) is 31.5. The van der Waals surface area contributed by atoms with Crippen molar-refractivity contribution in [1.82, 2.24) is 19.4 Å². The molecule has 1 aliphatic heterocycles. The van der Waals surface area contributed by atoms with Crippen molar-refractivity contribution in [3.05, 3.63) is 85.4 Å². The number of nitriles is 1. The molecule has 1 N–H and O–H groups in total. The molecule has 14 heteroatoms. The van der Waals surface area contributed by atoms with E-state index in [9.17, 15) is 33.1 Å². The lowest BCUT2D eigenvalue weighted by atomic mass is 9.87. The molecule has 0 spiro atoms. The Kier molecular flexibility index (Phi) is 8.22. The zero-order valence-electron chi connectivity index (χ0n) is 24.5. The number of fused-ring (bicyclic) bond motifs is 2. The zero-order chi connectivity index (χ0) is 32.9. The predicted molar refractivity (Wildman–Crippen MR) is 168 cm³/mol. The summed E-state index contributed by atoms with van der Waals surface area (Å²) < 4.78 is 50.8. The van der Waals surface area contributed by atoms with E-state index in [0.29, 0.717) is 51.6 Å². The average molecular weight is 668 g/mol. The summed E-state index contributed by atoms with van der Waals surface area (Å²) >= 11 is 7.55. The summed E-state index contributed by atoms with van der Waals surface area (Å²) in [5.41, 5.74) is -0.564. The van der Waals surface area contributed by atoms with Crippen LogP contribution in [-0.2, 0) is 12.7 Å². The zero-order valence-corrected chi connectivity index (χ0v) is 26.1. The van der Waals surface area contributed by atoms with Crippen molar-refractivity contribution < 1.29 is 27.8 Å². The summed E-state index contributed by atoms with van der Waals surface area (Å²) in [7, 11) is 1.80. The van der Waals surface area contributed by atoms with Gasteiger partial charge in [-0.05, 0) is 68.8 Å². The standard InChI is InChI=1S/C32H25ClF3N5O4S/c1-16-39-24-12-23(32(34,35)36)26(17-6-8-40(2)14-17)21(13-37)27(24)30(42)41(16)9-10-45-25-4-3-18(33)11-20(25)19-5-7-38-28-22(31(43)44)15-46-29(19)28/h3-5,7,11-12,15,17H,6,8-10,14H2,1-2H3,(H,43,44). The van der Waals surface area contributed by atoms with E-state index in [-0.39, 0.29) is 46.6 Å². The van der Waals surface area contributed by atoms with Gasteiger partial charge in [-0.2, -0.15) is 18.4 Å². The summed E-state index contributed by atoms with van der Waals surface area (Å²) in [4.78, 5) is 36.0. The van der Waals surface area contributed by atoms with Crippen molar-refractivity contribution in [3.63, 3.8) is 0 Å². The van der Waals surface area contributed by atoms with E-state index in [1.165, 1.54) is 34.4 Å². The Morgan fingerprint density at radius 2 is 2.04 bits per heavy atom. The topological polar surface area (TPSA) is 121 Å². The summed E-state index contributed by atoms with van der Waals surface area (Å²) in [6, 6.07) is 9.48. The molecule has 0 amide bonds. The Bertz CT molecular complexity index is 2140. The Morgan fingerprint density at radius 3 is 2.72 bits per heavy atom. The number of nitrogens with zero attached hydrogens (tertiary/aromatic N) is 5. The minimum atomic E-state index is -4.73. The van der Waals surface area contributed by atoms with Gasteiger partial charge in [0.2, 0.25) is 0 Å². The quantitative estimate of drug-likeness (QED) is 0.203. The fraction of sp³-hybridized carbons (Fsp3) is 0.281. The summed E-state index contributed by atoms with van der Waals surface area (Å²) in [6.45, 7) is 2.37. The van der Waals surface area contributed by atoms with E-state index in [1.807, 2.05) is 11.0 Å². The van der Waals surface area contributed by atoms with Crippen LogP contribution in [-0.4, -0.2) is 57.3 Å². The average Bonchev–Trinajstić information content (AvgIpc) is 3.64. The van der Waals surface area contributed by atoms with E-state index >= 15 is 0 Å². The molecule has 6 rings (SSSR count). The summed E-state index contributed by atoms with van der Waals surface area (Å²) in [6.07, 6.45) is -2.80. The first-order valence-electron chi connectivity index (χ1n) is 14.1. The third kappa shape index (κ3) is 5.57. The van der Waals surface area contributed by atoms with Gasteiger partial charge in [-0.25, -0.2) is 9.78 Å². The number of carbonyl (C=O) groups is 1. The lowest BCUT2D eigenvalue weighted by Crippen LogP contribution is -2.28. The highest BCUT2D eigenvalue weighted by Gasteiger charge is 2.40. The maximum atomic E-state index is 14.3. The lowest BCUT2D eigenvalue weighted by molar-refractivity contribution is -0.138. The number of likely N-dealkylation sites (tertiary alicyclic amines) is 1. The number of benzene rings is 2. The van der Waals surface area contributed by atoms with E-state index in [0.717, 1.165) is 6.07 Å². The molecule has 9 nitrogen and oxygen atoms in total. The molecule has 0 radical (unpaired) electrons. The fourth-order valence-electron chi connectivity index (χ4n) is 6.10. The van der Waals surface area contributed by atoms with Gasteiger partial charge in [-0.1, -0.05) is 11.6 Å². The molecule has 3 aromatic heterocycles. The van der Waals surface area contributed by atoms with E-state index in [1.54, 1.807) is 31.3 Å². The number of pyridine rings is 1. The maximum absolute atomic E-state index is 14.3. The molecule has 1 aliphatic rings. The number of thiophene rings is 1. The molecule has 2 aromatic carbocycles. The van der Waals surface area contributed by atoms with Gasteiger partial charge in [0.1, 0.15) is 24.3 Å². The number of aryl methyl sites for hydroxylation is 1. The van der Waals surface area contributed by atoms with Crippen LogP contribution in [0.25, 0.3) is 32.2 Å². The second-order valence-corrected chi connectivity index (χ2v) is 12.4. The minimum absolute atomic E-state index is 0.0169. The monoisotopic (exact) mass is 667 g/mol. The van der Waals surface area contributed by atoms with Crippen LogP contribution in [0, 0.1) is 18.3 Å². The molecule has 5 aromatic rings. The predicted octanol–water partition coefficient (Wildman–Crippen LogP) is 6.72. The number of rotatable bonds is 7. The van der Waals surface area contributed by atoms with E-state index in [4.69, 9.17) is 16.3 Å². The lowest BCUT2D eigenvalue weighted by Gasteiger charge is -2.21. The third-order valence-electron chi connectivity index (χ3n) is 8.18. The number of aromatic nitrogens is 3. The van der Waals surface area contributed by atoms with E-state index in [2.05, 4.69) is 9.97 Å². The number of likely N-dealkylation sites (N-methyl/N-ethyl adjacent to an activating group) is 1. The van der Waals surface area contributed by atoms with Crippen LogP contribution in [0.3, 0.4) is 0 Å². The van der Waals surface area contributed by atoms with Crippen molar-refractivity contribution in [2.45, 2.75) is 32.0 Å². The van der Waals surface area contributed by atoms with E-state index < -0.39 is 29.2 Å². The van der Waals surface area contributed by atoms with Crippen LogP contribution in [0.4, 0.5) is 13.2 Å². The second kappa shape index (κ2) is 12.0. The van der Waals surface area contributed by atoms with Gasteiger partial charge in [-0.15, -0.1) is 11.3 Å². The highest BCUT2D eigenvalue weighted by Crippen LogP contribution is 2.42. The normalized spacial score (nSPS) is 15.5. The Balaban J connectivity index is 1.38. The first-order valence-corrected chi connectivity index (χ1v) is 15.4. The number of hydrogen-bond acceptors (Lipinski definition) is 8. The third-order valence-corrected chi connectivity index (χ3v) is 9.42. The first-order chi connectivity index (χ1) is 21.9. The molecular formula is C32H25ClF3N5O4S. The van der Waals surface area contributed by atoms with Crippen molar-refractivity contribution in [1.29, 1.82) is 5.26 Å². The van der Waals surface area contributed by atoms with Gasteiger partial charge >= 0.3 is 12.1 Å². The maximum Gasteiger partial charge on any atom is 0.416 e. The molecule has 46 heavy (non-hydrogen) atoms. The van der Waals surface area contributed by atoms with Crippen molar-refractivity contribution in [2.24, 2.45) is 0 Å². The van der Waals surface area contributed by atoms with Crippen LogP contribution in [0.5, 0.6) is 5.75 Å². The van der Waals surface area contributed by atoms with Crippen LogP contribution in [0.1, 0.15) is 45.2 Å². The highest BCUT2D eigenvalue weighted by molar-refractivity contribution is 7.18. The molecule has 1 saturated heterocycles. The van der Waals surface area contributed by atoms with Gasteiger partial charge in [0.05, 0.1) is 44.4 Å². The molecule has 1 atom stereocenters. The molecule has 0 bridgehead atoms. The van der Waals surface area contributed by atoms with Gasteiger partial charge < -0.3 is 14.7 Å². The van der Waals surface area contributed by atoms with Crippen molar-refractivity contribution in [3.8, 4) is 22.9 Å². The molecule has 1 unspecified atom stereocenters. The highest BCUT2D eigenvalue weighted by atomic mass is 35.5. The van der Waals surface area contributed by atoms with Gasteiger partial charge in [-0.3, -0.25) is 14.3 Å². The molecule has 236 valence electrons. The largest absolute Gasteiger partial charge is 0.491 e. The molecule has 0 aliphatic carbocycles. The Hall–Kier alpha value is -4.51. The molecule has 4 heterocycles. The van der Waals surface area contributed by atoms with Crippen LogP contribution in [0.2, 0.25) is 5.02 Å². The van der Waals surface area contributed by atoms with Gasteiger partial charge in [0.15, 0.2) is 0 Å². The number of aromatic carboxylic acids is 1. The van der Waals surface area contributed by atoms with Crippen molar-refractivity contribution in [2.75, 3.05) is 26.7 Å². The SMILES string of the molecule is Cc1nc2cc(C(F)(F)F)c(C3CCN(C)C3)c(C#N)c2c(=O)n1CCOc1ccc(Cl)cc1-c1ccnc2c(C(=O)O)csc12. The Morgan fingerprint density at radius 1 is 1.26 bits per heavy atom. The summed E-state index contributed by atoms with van der Waals surface area (Å²) in [5.74, 6) is -1.09. The second-order valence-electron chi connectivity index (χ2n) is 11.1. The molecular weight excluding hydrogens is 643 g/mol. The Labute approximate surface area is 269 Å². The molecule has 0 saturated carbocycles.